The minimum Gasteiger partial charge on any atom is -0.382 e. The first kappa shape index (κ1) is 17.2. The molecular weight excluding hydrogens is 268 g/mol. The van der Waals surface area contributed by atoms with Crippen LogP contribution in [0.4, 0.5) is 5.69 Å². The SMILES string of the molecule is CCOCCCNC(=O)C(=O)Nc1c(C)cc(C)cc1C. The van der Waals surface area contributed by atoms with Gasteiger partial charge in [0.2, 0.25) is 0 Å². The highest BCUT2D eigenvalue weighted by molar-refractivity contribution is 6.39. The fraction of sp³-hybridized carbons (Fsp3) is 0.500. The van der Waals surface area contributed by atoms with Crippen molar-refractivity contribution >= 4 is 17.5 Å². The second-order valence-corrected chi connectivity index (χ2v) is 5.03. The molecule has 0 heterocycles. The van der Waals surface area contributed by atoms with Crippen LogP contribution in [0.3, 0.4) is 0 Å². The average molecular weight is 292 g/mol. The lowest BCUT2D eigenvalue weighted by Crippen LogP contribution is -2.36. The van der Waals surface area contributed by atoms with Gasteiger partial charge in [-0.2, -0.15) is 0 Å². The first-order valence-corrected chi connectivity index (χ1v) is 7.20. The highest BCUT2D eigenvalue weighted by Crippen LogP contribution is 2.21. The molecular formula is C16H24N2O3. The normalized spacial score (nSPS) is 10.3. The number of rotatable bonds is 6. The van der Waals surface area contributed by atoms with Gasteiger partial charge in [0, 0.05) is 25.4 Å². The molecule has 0 aromatic heterocycles. The second kappa shape index (κ2) is 8.42. The molecule has 5 nitrogen and oxygen atoms in total. The molecule has 21 heavy (non-hydrogen) atoms. The quantitative estimate of drug-likeness (QED) is 0.623. The van der Waals surface area contributed by atoms with Crippen LogP contribution in [0.5, 0.6) is 0 Å². The molecule has 0 spiro atoms. The molecule has 0 radical (unpaired) electrons. The van der Waals surface area contributed by atoms with Crippen LogP contribution < -0.4 is 10.6 Å². The Morgan fingerprint density at radius 1 is 1.10 bits per heavy atom. The van der Waals surface area contributed by atoms with Crippen molar-refractivity contribution < 1.29 is 14.3 Å². The molecule has 0 fully saturated rings. The number of hydrogen-bond donors (Lipinski definition) is 2. The number of anilines is 1. The van der Waals surface area contributed by atoms with E-state index in [0.29, 0.717) is 31.9 Å². The molecule has 1 rings (SSSR count). The Hall–Kier alpha value is -1.88. The van der Waals surface area contributed by atoms with E-state index in [1.165, 1.54) is 0 Å². The van der Waals surface area contributed by atoms with E-state index in [1.807, 2.05) is 39.8 Å². The van der Waals surface area contributed by atoms with Gasteiger partial charge < -0.3 is 15.4 Å². The lowest BCUT2D eigenvalue weighted by molar-refractivity contribution is -0.136. The number of hydrogen-bond acceptors (Lipinski definition) is 3. The highest BCUT2D eigenvalue weighted by atomic mass is 16.5. The van der Waals surface area contributed by atoms with Gasteiger partial charge in [-0.25, -0.2) is 0 Å². The Labute approximate surface area is 126 Å². The number of nitrogens with one attached hydrogen (secondary N) is 2. The van der Waals surface area contributed by atoms with Gasteiger partial charge in [0.1, 0.15) is 0 Å². The summed E-state index contributed by atoms with van der Waals surface area (Å²) in [5, 5.41) is 5.26. The van der Waals surface area contributed by atoms with Crippen LogP contribution in [0.2, 0.25) is 0 Å². The molecule has 2 amide bonds. The van der Waals surface area contributed by atoms with E-state index in [2.05, 4.69) is 10.6 Å². The first-order valence-electron chi connectivity index (χ1n) is 7.20. The Morgan fingerprint density at radius 3 is 2.29 bits per heavy atom. The van der Waals surface area contributed by atoms with Crippen LogP contribution in [0, 0.1) is 20.8 Å². The van der Waals surface area contributed by atoms with E-state index in [1.54, 1.807) is 0 Å². The molecule has 0 aliphatic heterocycles. The van der Waals surface area contributed by atoms with E-state index >= 15 is 0 Å². The number of benzene rings is 1. The molecule has 1 aromatic rings. The lowest BCUT2D eigenvalue weighted by atomic mass is 10.1. The van der Waals surface area contributed by atoms with E-state index in [9.17, 15) is 9.59 Å². The second-order valence-electron chi connectivity index (χ2n) is 5.03. The topological polar surface area (TPSA) is 67.4 Å². The third kappa shape index (κ3) is 5.55. The summed E-state index contributed by atoms with van der Waals surface area (Å²) in [4.78, 5) is 23.6. The van der Waals surface area contributed by atoms with Crippen molar-refractivity contribution in [1.29, 1.82) is 0 Å². The average Bonchev–Trinajstić information content (AvgIpc) is 2.42. The van der Waals surface area contributed by atoms with E-state index < -0.39 is 11.8 Å². The highest BCUT2D eigenvalue weighted by Gasteiger charge is 2.15. The summed E-state index contributed by atoms with van der Waals surface area (Å²) < 4.78 is 5.16. The fourth-order valence-electron chi connectivity index (χ4n) is 2.15. The van der Waals surface area contributed by atoms with Crippen LogP contribution in [-0.4, -0.2) is 31.6 Å². The Kier molecular flexibility index (Phi) is 6.88. The summed E-state index contributed by atoms with van der Waals surface area (Å²) in [5.74, 6) is -1.26. The monoisotopic (exact) mass is 292 g/mol. The van der Waals surface area contributed by atoms with Crippen molar-refractivity contribution in [3.8, 4) is 0 Å². The largest absolute Gasteiger partial charge is 0.382 e. The van der Waals surface area contributed by atoms with Gasteiger partial charge in [-0.1, -0.05) is 17.7 Å². The van der Waals surface area contributed by atoms with Crippen LogP contribution in [0.15, 0.2) is 12.1 Å². The van der Waals surface area contributed by atoms with Crippen molar-refractivity contribution in [3.63, 3.8) is 0 Å². The van der Waals surface area contributed by atoms with E-state index in [0.717, 1.165) is 16.7 Å². The third-order valence-electron chi connectivity index (χ3n) is 3.08. The smallest absolute Gasteiger partial charge is 0.313 e. The van der Waals surface area contributed by atoms with Gasteiger partial charge in [-0.05, 0) is 45.2 Å². The molecule has 0 saturated heterocycles. The minimum absolute atomic E-state index is 0.429. The van der Waals surface area contributed by atoms with Crippen molar-refractivity contribution in [2.75, 3.05) is 25.1 Å². The predicted molar refractivity (Wildman–Crippen MR) is 83.4 cm³/mol. The molecule has 2 N–H and O–H groups in total. The standard InChI is InChI=1S/C16H24N2O3/c1-5-21-8-6-7-17-15(19)16(20)18-14-12(3)9-11(2)10-13(14)4/h9-10H,5-8H2,1-4H3,(H,17,19)(H,18,20). The first-order chi connectivity index (χ1) is 9.95. The van der Waals surface area contributed by atoms with Gasteiger partial charge in [-0.15, -0.1) is 0 Å². The maximum atomic E-state index is 11.9. The minimum atomic E-state index is -0.638. The molecule has 1 aromatic carbocycles. The van der Waals surface area contributed by atoms with Crippen molar-refractivity contribution in [2.45, 2.75) is 34.1 Å². The number of ether oxygens (including phenoxy) is 1. The Bertz CT molecular complexity index is 489. The number of aryl methyl sites for hydroxylation is 3. The third-order valence-corrected chi connectivity index (χ3v) is 3.08. The van der Waals surface area contributed by atoms with Crippen molar-refractivity contribution in [1.82, 2.24) is 5.32 Å². The summed E-state index contributed by atoms with van der Waals surface area (Å²) in [7, 11) is 0. The van der Waals surface area contributed by atoms with Crippen LogP contribution in [0.25, 0.3) is 0 Å². The molecule has 5 heteroatoms. The van der Waals surface area contributed by atoms with Gasteiger partial charge in [0.25, 0.3) is 0 Å². The zero-order valence-electron chi connectivity index (χ0n) is 13.2. The maximum Gasteiger partial charge on any atom is 0.313 e. The summed E-state index contributed by atoms with van der Waals surface area (Å²) >= 11 is 0. The molecule has 0 aliphatic rings. The van der Waals surface area contributed by atoms with Gasteiger partial charge in [-0.3, -0.25) is 9.59 Å². The van der Waals surface area contributed by atoms with E-state index in [4.69, 9.17) is 4.74 Å². The molecule has 0 unspecified atom stereocenters. The number of amides is 2. The zero-order chi connectivity index (χ0) is 15.8. The summed E-state index contributed by atoms with van der Waals surface area (Å²) in [6.45, 7) is 9.40. The van der Waals surface area contributed by atoms with Crippen molar-refractivity contribution in [3.05, 3.63) is 28.8 Å². The number of carbonyl (C=O) groups is 2. The van der Waals surface area contributed by atoms with Crippen LogP contribution >= 0.6 is 0 Å². The Balaban J connectivity index is 2.51. The lowest BCUT2D eigenvalue weighted by Gasteiger charge is -2.12. The van der Waals surface area contributed by atoms with Gasteiger partial charge in [0.05, 0.1) is 0 Å². The maximum absolute atomic E-state index is 11.9. The fourth-order valence-corrected chi connectivity index (χ4v) is 2.15. The van der Waals surface area contributed by atoms with Gasteiger partial charge >= 0.3 is 11.8 Å². The van der Waals surface area contributed by atoms with Crippen LogP contribution in [0.1, 0.15) is 30.0 Å². The summed E-state index contributed by atoms with van der Waals surface area (Å²) in [6, 6.07) is 3.95. The summed E-state index contributed by atoms with van der Waals surface area (Å²) in [6.07, 6.45) is 0.690. The predicted octanol–water partition coefficient (Wildman–Crippen LogP) is 2.09. The van der Waals surface area contributed by atoms with Gasteiger partial charge in [0.15, 0.2) is 0 Å². The van der Waals surface area contributed by atoms with E-state index in [-0.39, 0.29) is 0 Å². The van der Waals surface area contributed by atoms with Crippen molar-refractivity contribution in [2.24, 2.45) is 0 Å². The molecule has 0 saturated carbocycles. The molecule has 116 valence electrons. The molecule has 0 bridgehead atoms. The number of carbonyl (C=O) groups excluding carboxylic acids is 2. The Morgan fingerprint density at radius 2 is 1.71 bits per heavy atom. The molecule has 0 atom stereocenters. The van der Waals surface area contributed by atoms with Crippen LogP contribution in [-0.2, 0) is 14.3 Å². The summed E-state index contributed by atoms with van der Waals surface area (Å²) in [5.41, 5.74) is 3.73. The molecule has 0 aliphatic carbocycles. The zero-order valence-corrected chi connectivity index (χ0v) is 13.2.